The van der Waals surface area contributed by atoms with Gasteiger partial charge in [-0.1, -0.05) is 29.8 Å². The first-order valence-corrected chi connectivity index (χ1v) is 14.8. The molecule has 3 rings (SSSR count). The van der Waals surface area contributed by atoms with Crippen LogP contribution in [0.5, 0.6) is 0 Å². The third-order valence-corrected chi connectivity index (χ3v) is 7.74. The van der Waals surface area contributed by atoms with E-state index in [1.54, 1.807) is 37.4 Å². The van der Waals surface area contributed by atoms with Crippen LogP contribution in [0.4, 0.5) is 9.59 Å². The highest BCUT2D eigenvalue weighted by molar-refractivity contribution is 7.99. The van der Waals surface area contributed by atoms with E-state index in [1.165, 1.54) is 11.1 Å². The summed E-state index contributed by atoms with van der Waals surface area (Å²) < 4.78 is 11.2. The molecule has 3 amide bonds. The maximum absolute atomic E-state index is 13.9. The lowest BCUT2D eigenvalue weighted by Gasteiger charge is -2.42. The molecule has 9 heteroatoms. The number of benzene rings is 1. The van der Waals surface area contributed by atoms with E-state index in [2.05, 4.69) is 36.5 Å². The van der Waals surface area contributed by atoms with E-state index in [0.717, 1.165) is 25.0 Å². The van der Waals surface area contributed by atoms with Gasteiger partial charge in [0.25, 0.3) is 0 Å². The zero-order valence-electron chi connectivity index (χ0n) is 24.0. The van der Waals surface area contributed by atoms with Crippen LogP contribution in [-0.4, -0.2) is 82.3 Å². The molecule has 1 N–H and O–H groups in total. The molecule has 38 heavy (non-hydrogen) atoms. The van der Waals surface area contributed by atoms with E-state index in [0.29, 0.717) is 31.3 Å². The molecular formula is C29H45N3O5S. The van der Waals surface area contributed by atoms with Gasteiger partial charge in [0.15, 0.2) is 0 Å². The smallest absolute Gasteiger partial charge is 0.410 e. The first-order chi connectivity index (χ1) is 17.7. The zero-order chi connectivity index (χ0) is 28.1. The Labute approximate surface area is 232 Å². The summed E-state index contributed by atoms with van der Waals surface area (Å²) in [7, 11) is 0. The largest absolute Gasteiger partial charge is 0.444 e. The molecule has 2 heterocycles. The second-order valence-corrected chi connectivity index (χ2v) is 13.5. The second kappa shape index (κ2) is 12.6. The molecule has 2 saturated heterocycles. The molecular weight excluding hydrogens is 502 g/mol. The fourth-order valence-corrected chi connectivity index (χ4v) is 5.92. The van der Waals surface area contributed by atoms with Gasteiger partial charge < -0.3 is 24.6 Å². The predicted octanol–water partition coefficient (Wildman–Crippen LogP) is 5.02. The summed E-state index contributed by atoms with van der Waals surface area (Å²) in [4.78, 5) is 43.3. The molecule has 0 bridgehead atoms. The van der Waals surface area contributed by atoms with Crippen molar-refractivity contribution in [2.24, 2.45) is 5.92 Å². The lowest BCUT2D eigenvalue weighted by Crippen LogP contribution is -2.64. The van der Waals surface area contributed by atoms with Crippen LogP contribution < -0.4 is 5.32 Å². The molecule has 1 aromatic carbocycles. The first-order valence-electron chi connectivity index (χ1n) is 13.6. The van der Waals surface area contributed by atoms with Crippen LogP contribution in [0, 0.1) is 12.8 Å². The zero-order valence-corrected chi connectivity index (χ0v) is 24.9. The molecule has 8 nitrogen and oxygen atoms in total. The number of rotatable bonds is 5. The number of nitrogens with one attached hydrogen (secondary N) is 1. The van der Waals surface area contributed by atoms with Crippen molar-refractivity contribution in [3.05, 3.63) is 35.4 Å². The Bertz CT molecular complexity index is 962. The Morgan fingerprint density at radius 1 is 0.974 bits per heavy atom. The van der Waals surface area contributed by atoms with Crippen LogP contribution in [0.25, 0.3) is 0 Å². The third-order valence-electron chi connectivity index (χ3n) is 6.69. The van der Waals surface area contributed by atoms with Crippen molar-refractivity contribution in [2.75, 3.05) is 31.1 Å². The van der Waals surface area contributed by atoms with Gasteiger partial charge in [0.05, 0.1) is 6.04 Å². The summed E-state index contributed by atoms with van der Waals surface area (Å²) in [5.41, 5.74) is 1.19. The maximum atomic E-state index is 13.9. The van der Waals surface area contributed by atoms with Gasteiger partial charge in [0, 0.05) is 31.1 Å². The van der Waals surface area contributed by atoms with E-state index in [-0.39, 0.29) is 5.91 Å². The average Bonchev–Trinajstić information content (AvgIpc) is 2.82. The number of likely N-dealkylation sites (tertiary alicyclic amines) is 1. The minimum atomic E-state index is -0.918. The number of aryl methyl sites for hydroxylation is 1. The summed E-state index contributed by atoms with van der Waals surface area (Å²) in [5.74, 6) is 1.59. The third kappa shape index (κ3) is 9.10. The number of thioether (sulfide) groups is 1. The number of nitrogens with zero attached hydrogens (tertiary/aromatic N) is 2. The lowest BCUT2D eigenvalue weighted by atomic mass is 9.89. The molecule has 2 unspecified atom stereocenters. The molecule has 0 saturated carbocycles. The van der Waals surface area contributed by atoms with E-state index >= 15 is 0 Å². The first kappa shape index (κ1) is 30.1. The van der Waals surface area contributed by atoms with Crippen molar-refractivity contribution < 1.29 is 23.9 Å². The van der Waals surface area contributed by atoms with Gasteiger partial charge in [-0.05, 0) is 79.2 Å². The van der Waals surface area contributed by atoms with Crippen LogP contribution in [0.15, 0.2) is 24.3 Å². The van der Waals surface area contributed by atoms with Crippen molar-refractivity contribution in [3.8, 4) is 0 Å². The fourth-order valence-electron chi connectivity index (χ4n) is 4.81. The Morgan fingerprint density at radius 3 is 2.16 bits per heavy atom. The molecule has 1 aromatic rings. The highest BCUT2D eigenvalue weighted by Crippen LogP contribution is 2.26. The van der Waals surface area contributed by atoms with Crippen molar-refractivity contribution in [1.82, 2.24) is 15.1 Å². The average molecular weight is 548 g/mol. The molecule has 212 valence electrons. The van der Waals surface area contributed by atoms with Gasteiger partial charge in [-0.25, -0.2) is 9.59 Å². The Balaban J connectivity index is 1.74. The Kier molecular flexibility index (Phi) is 10.0. The molecule has 2 fully saturated rings. The lowest BCUT2D eigenvalue weighted by molar-refractivity contribution is -0.136. The quantitative estimate of drug-likeness (QED) is 0.557. The molecule has 2 atom stereocenters. The predicted molar refractivity (Wildman–Crippen MR) is 151 cm³/mol. The van der Waals surface area contributed by atoms with Gasteiger partial charge >= 0.3 is 12.2 Å². The Morgan fingerprint density at radius 2 is 1.58 bits per heavy atom. The van der Waals surface area contributed by atoms with E-state index in [1.807, 2.05) is 25.7 Å². The van der Waals surface area contributed by atoms with E-state index < -0.39 is 35.5 Å². The van der Waals surface area contributed by atoms with Gasteiger partial charge in [-0.15, -0.1) is 0 Å². The van der Waals surface area contributed by atoms with Crippen LogP contribution in [-0.2, 0) is 20.7 Å². The van der Waals surface area contributed by atoms with Crippen molar-refractivity contribution in [1.29, 1.82) is 0 Å². The molecule has 0 aromatic heterocycles. The Hall–Kier alpha value is -2.42. The monoisotopic (exact) mass is 547 g/mol. The van der Waals surface area contributed by atoms with Crippen LogP contribution in [0.1, 0.15) is 65.5 Å². The standard InChI is InChI=1S/C29H45N3O5S/c1-20-8-10-21(11-9-20)18-22-12-14-31(15-13-22)25(33)24(30-26(34)36-28(2,3)4)23-19-38-17-16-32(23)27(35)37-29(5,6)7/h8-11,22-24H,12-19H2,1-7H3,(H,30,34). The van der Waals surface area contributed by atoms with Crippen molar-refractivity contribution in [2.45, 2.75) is 91.0 Å². The van der Waals surface area contributed by atoms with Crippen LogP contribution in [0.2, 0.25) is 0 Å². The summed E-state index contributed by atoms with van der Waals surface area (Å²) in [6.45, 7) is 14.6. The van der Waals surface area contributed by atoms with Gasteiger partial charge in [-0.2, -0.15) is 11.8 Å². The second-order valence-electron chi connectivity index (χ2n) is 12.4. The number of hydrogen-bond acceptors (Lipinski definition) is 6. The van der Waals surface area contributed by atoms with Gasteiger partial charge in [-0.3, -0.25) is 4.79 Å². The van der Waals surface area contributed by atoms with Gasteiger partial charge in [0.2, 0.25) is 5.91 Å². The molecule has 2 aliphatic rings. The summed E-state index contributed by atoms with van der Waals surface area (Å²) in [6.07, 6.45) is 1.66. The number of amides is 3. The topological polar surface area (TPSA) is 88.2 Å². The van der Waals surface area contributed by atoms with Crippen LogP contribution in [0.3, 0.4) is 0 Å². The van der Waals surface area contributed by atoms with Gasteiger partial charge in [0.1, 0.15) is 17.2 Å². The molecule has 2 aliphatic heterocycles. The number of alkyl carbamates (subject to hydrolysis) is 1. The minimum Gasteiger partial charge on any atom is -0.444 e. The number of carbonyl (C=O) groups excluding carboxylic acids is 3. The maximum Gasteiger partial charge on any atom is 0.410 e. The number of piperidine rings is 1. The molecule has 0 aliphatic carbocycles. The SMILES string of the molecule is Cc1ccc(CC2CCN(C(=O)C(NC(=O)OC(C)(C)C)C3CSCCN3C(=O)OC(C)(C)C)CC2)cc1. The highest BCUT2D eigenvalue weighted by Gasteiger charge is 2.42. The molecule has 0 spiro atoms. The minimum absolute atomic E-state index is 0.175. The summed E-state index contributed by atoms with van der Waals surface area (Å²) in [6, 6.07) is 7.19. The number of carbonyl (C=O) groups is 3. The number of hydrogen-bond donors (Lipinski definition) is 1. The normalized spacial score (nSPS) is 20.0. The van der Waals surface area contributed by atoms with E-state index in [4.69, 9.17) is 9.47 Å². The fraction of sp³-hybridized carbons (Fsp3) is 0.690. The highest BCUT2D eigenvalue weighted by atomic mass is 32.2. The summed E-state index contributed by atoms with van der Waals surface area (Å²) in [5, 5.41) is 2.83. The summed E-state index contributed by atoms with van der Waals surface area (Å²) >= 11 is 1.67. The number of ether oxygens (including phenoxy) is 2. The molecule has 0 radical (unpaired) electrons. The van der Waals surface area contributed by atoms with E-state index in [9.17, 15) is 14.4 Å². The van der Waals surface area contributed by atoms with Crippen LogP contribution >= 0.6 is 11.8 Å². The van der Waals surface area contributed by atoms with Crippen molar-refractivity contribution in [3.63, 3.8) is 0 Å². The van der Waals surface area contributed by atoms with Crippen molar-refractivity contribution >= 4 is 29.9 Å².